The van der Waals surface area contributed by atoms with E-state index in [-0.39, 0.29) is 16.8 Å². The highest BCUT2D eigenvalue weighted by molar-refractivity contribution is 7.89. The minimum Gasteiger partial charge on any atom is -0.345 e. The first-order valence-electron chi connectivity index (χ1n) is 10.5. The van der Waals surface area contributed by atoms with E-state index in [0.29, 0.717) is 19.4 Å². The van der Waals surface area contributed by atoms with E-state index in [4.69, 9.17) is 0 Å². The van der Waals surface area contributed by atoms with Crippen molar-refractivity contribution < 1.29 is 13.2 Å². The number of amides is 1. The minimum absolute atomic E-state index is 0.0565. The van der Waals surface area contributed by atoms with Crippen LogP contribution in [-0.4, -0.2) is 20.9 Å². The van der Waals surface area contributed by atoms with Crippen LogP contribution < -0.4 is 10.0 Å². The lowest BCUT2D eigenvalue weighted by Crippen LogP contribution is -2.29. The van der Waals surface area contributed by atoms with Crippen LogP contribution >= 0.6 is 0 Å². The Morgan fingerprint density at radius 2 is 1.39 bits per heavy atom. The number of carbonyl (C=O) groups is 1. The van der Waals surface area contributed by atoms with Crippen molar-refractivity contribution >= 4 is 15.9 Å². The van der Waals surface area contributed by atoms with Gasteiger partial charge in [-0.15, -0.1) is 0 Å². The molecule has 1 amide bonds. The molecule has 0 aliphatic carbocycles. The van der Waals surface area contributed by atoms with Gasteiger partial charge in [0.15, 0.2) is 0 Å². The lowest BCUT2D eigenvalue weighted by atomic mass is 9.98. The molecule has 0 aliphatic rings. The fourth-order valence-electron chi connectivity index (χ4n) is 3.30. The maximum atomic E-state index is 12.7. The van der Waals surface area contributed by atoms with E-state index in [1.165, 1.54) is 0 Å². The third-order valence-electron chi connectivity index (χ3n) is 4.99. The van der Waals surface area contributed by atoms with Crippen LogP contribution in [0.2, 0.25) is 0 Å². The molecule has 0 aromatic heterocycles. The zero-order chi connectivity index (χ0) is 22.1. The normalized spacial score (nSPS) is 11.4. The zero-order valence-electron chi connectivity index (χ0n) is 17.6. The van der Waals surface area contributed by atoms with E-state index in [9.17, 15) is 13.2 Å². The molecule has 3 rings (SSSR count). The highest BCUT2D eigenvalue weighted by Crippen LogP contribution is 2.22. The SMILES string of the molecule is CCCNS(=O)(=O)c1ccc(CCC(=O)NC(c2ccccc2)c2ccccc2)cc1. The molecule has 0 spiro atoms. The summed E-state index contributed by atoms with van der Waals surface area (Å²) in [4.78, 5) is 12.9. The van der Waals surface area contributed by atoms with Crippen molar-refractivity contribution in [2.45, 2.75) is 37.1 Å². The largest absolute Gasteiger partial charge is 0.345 e. The van der Waals surface area contributed by atoms with Crippen LogP contribution in [0.3, 0.4) is 0 Å². The van der Waals surface area contributed by atoms with Gasteiger partial charge in [-0.25, -0.2) is 13.1 Å². The molecule has 5 nitrogen and oxygen atoms in total. The van der Waals surface area contributed by atoms with E-state index >= 15 is 0 Å². The van der Waals surface area contributed by atoms with Gasteiger partial charge in [0, 0.05) is 13.0 Å². The molecule has 6 heteroatoms. The second kappa shape index (κ2) is 10.9. The van der Waals surface area contributed by atoms with Crippen molar-refractivity contribution in [3.63, 3.8) is 0 Å². The molecule has 0 heterocycles. The molecule has 3 aromatic rings. The third-order valence-corrected chi connectivity index (χ3v) is 6.46. The fraction of sp³-hybridized carbons (Fsp3) is 0.240. The topological polar surface area (TPSA) is 75.3 Å². The maximum absolute atomic E-state index is 12.7. The fourth-order valence-corrected chi connectivity index (χ4v) is 4.43. The van der Waals surface area contributed by atoms with Crippen LogP contribution in [0.1, 0.15) is 42.5 Å². The van der Waals surface area contributed by atoms with Crippen molar-refractivity contribution in [2.24, 2.45) is 0 Å². The van der Waals surface area contributed by atoms with Crippen LogP contribution in [0, 0.1) is 0 Å². The van der Waals surface area contributed by atoms with Crippen molar-refractivity contribution in [1.82, 2.24) is 10.0 Å². The Morgan fingerprint density at radius 1 is 0.839 bits per heavy atom. The zero-order valence-corrected chi connectivity index (χ0v) is 18.4. The quantitative estimate of drug-likeness (QED) is 0.500. The smallest absolute Gasteiger partial charge is 0.240 e. The number of aryl methyl sites for hydroxylation is 1. The van der Waals surface area contributed by atoms with Crippen molar-refractivity contribution in [3.8, 4) is 0 Å². The maximum Gasteiger partial charge on any atom is 0.240 e. The molecule has 0 radical (unpaired) electrons. The second-order valence-corrected chi connectivity index (χ2v) is 9.13. The summed E-state index contributed by atoms with van der Waals surface area (Å²) in [6, 6.07) is 26.2. The summed E-state index contributed by atoms with van der Waals surface area (Å²) < 4.78 is 26.9. The number of carbonyl (C=O) groups excluding carboxylic acids is 1. The van der Waals surface area contributed by atoms with E-state index < -0.39 is 10.0 Å². The predicted molar refractivity (Wildman–Crippen MR) is 123 cm³/mol. The Morgan fingerprint density at radius 3 is 1.90 bits per heavy atom. The number of benzene rings is 3. The number of hydrogen-bond acceptors (Lipinski definition) is 3. The molecule has 0 saturated carbocycles. The van der Waals surface area contributed by atoms with Crippen molar-refractivity contribution in [3.05, 3.63) is 102 Å². The molecule has 0 saturated heterocycles. The van der Waals surface area contributed by atoms with Gasteiger partial charge in [-0.1, -0.05) is 79.7 Å². The van der Waals surface area contributed by atoms with Gasteiger partial charge in [-0.3, -0.25) is 4.79 Å². The molecule has 2 N–H and O–H groups in total. The molecule has 31 heavy (non-hydrogen) atoms. The van der Waals surface area contributed by atoms with E-state index in [2.05, 4.69) is 10.0 Å². The van der Waals surface area contributed by atoms with Crippen LogP contribution in [-0.2, 0) is 21.2 Å². The van der Waals surface area contributed by atoms with E-state index in [1.807, 2.05) is 67.6 Å². The Kier molecular flexibility index (Phi) is 7.98. The molecule has 0 atom stereocenters. The van der Waals surface area contributed by atoms with E-state index in [0.717, 1.165) is 23.1 Å². The van der Waals surface area contributed by atoms with Gasteiger partial charge in [-0.05, 0) is 41.7 Å². The molecular formula is C25H28N2O3S. The minimum atomic E-state index is -3.48. The van der Waals surface area contributed by atoms with Gasteiger partial charge >= 0.3 is 0 Å². The molecule has 0 bridgehead atoms. The molecule has 0 aliphatic heterocycles. The first kappa shape index (κ1) is 22.7. The number of sulfonamides is 1. The summed E-state index contributed by atoms with van der Waals surface area (Å²) in [5.74, 6) is -0.0565. The number of nitrogens with one attached hydrogen (secondary N) is 2. The average Bonchev–Trinajstić information content (AvgIpc) is 2.81. The summed E-state index contributed by atoms with van der Waals surface area (Å²) >= 11 is 0. The highest BCUT2D eigenvalue weighted by atomic mass is 32.2. The van der Waals surface area contributed by atoms with Crippen molar-refractivity contribution in [1.29, 1.82) is 0 Å². The Bertz CT molecular complexity index is 1030. The van der Waals surface area contributed by atoms with E-state index in [1.54, 1.807) is 24.3 Å². The van der Waals surface area contributed by atoms with Crippen molar-refractivity contribution in [2.75, 3.05) is 6.54 Å². The van der Waals surface area contributed by atoms with Crippen LogP contribution in [0.5, 0.6) is 0 Å². The Hall–Kier alpha value is -2.96. The summed E-state index contributed by atoms with van der Waals surface area (Å²) in [7, 11) is -3.48. The summed E-state index contributed by atoms with van der Waals surface area (Å²) in [5, 5.41) is 3.13. The molecule has 162 valence electrons. The van der Waals surface area contributed by atoms with Crippen LogP contribution in [0.25, 0.3) is 0 Å². The molecular weight excluding hydrogens is 408 g/mol. The highest BCUT2D eigenvalue weighted by Gasteiger charge is 2.17. The molecule has 0 fully saturated rings. The summed E-state index contributed by atoms with van der Waals surface area (Å²) in [6.45, 7) is 2.32. The summed E-state index contributed by atoms with van der Waals surface area (Å²) in [5.41, 5.74) is 2.97. The van der Waals surface area contributed by atoms with Crippen LogP contribution in [0.15, 0.2) is 89.8 Å². The van der Waals surface area contributed by atoms with Crippen LogP contribution in [0.4, 0.5) is 0 Å². The first-order chi connectivity index (χ1) is 15.0. The van der Waals surface area contributed by atoms with Gasteiger partial charge < -0.3 is 5.32 Å². The Labute approximate surface area is 184 Å². The second-order valence-electron chi connectivity index (χ2n) is 7.36. The lowest BCUT2D eigenvalue weighted by Gasteiger charge is -2.20. The number of rotatable bonds is 10. The number of hydrogen-bond donors (Lipinski definition) is 2. The standard InChI is InChI=1S/C25H28N2O3S/c1-2-19-26-31(29,30)23-16-13-20(14-17-23)15-18-24(28)27-25(21-9-5-3-6-10-21)22-11-7-4-8-12-22/h3-14,16-17,25-26H,2,15,18-19H2,1H3,(H,27,28). The predicted octanol–water partition coefficient (Wildman–Crippen LogP) is 4.21. The molecule has 3 aromatic carbocycles. The van der Waals surface area contributed by atoms with Gasteiger partial charge in [0.1, 0.15) is 0 Å². The van der Waals surface area contributed by atoms with Gasteiger partial charge in [0.2, 0.25) is 15.9 Å². The summed E-state index contributed by atoms with van der Waals surface area (Å²) in [6.07, 6.45) is 1.58. The Balaban J connectivity index is 1.63. The monoisotopic (exact) mass is 436 g/mol. The van der Waals surface area contributed by atoms with Gasteiger partial charge in [-0.2, -0.15) is 0 Å². The van der Waals surface area contributed by atoms with Gasteiger partial charge in [0.25, 0.3) is 0 Å². The van der Waals surface area contributed by atoms with Gasteiger partial charge in [0.05, 0.1) is 10.9 Å². The third kappa shape index (κ3) is 6.51. The molecule has 0 unspecified atom stereocenters. The first-order valence-corrected chi connectivity index (χ1v) is 12.0. The lowest BCUT2D eigenvalue weighted by molar-refractivity contribution is -0.121. The average molecular weight is 437 g/mol.